The van der Waals surface area contributed by atoms with E-state index in [-0.39, 0.29) is 11.6 Å². The van der Waals surface area contributed by atoms with Gasteiger partial charge in [-0.05, 0) is 19.1 Å². The zero-order valence-electron chi connectivity index (χ0n) is 15.4. The van der Waals surface area contributed by atoms with Crippen LogP contribution in [0.15, 0.2) is 36.7 Å². The molecule has 2 aromatic heterocycles. The van der Waals surface area contributed by atoms with Gasteiger partial charge in [0.05, 0.1) is 18.6 Å². The Bertz CT molecular complexity index is 1040. The highest BCUT2D eigenvalue weighted by Gasteiger charge is 2.25. The fraction of sp³-hybridized carbons (Fsp3) is 0.235. The van der Waals surface area contributed by atoms with E-state index in [1.54, 1.807) is 42.1 Å². The van der Waals surface area contributed by atoms with Gasteiger partial charge < -0.3 is 10.1 Å². The van der Waals surface area contributed by atoms with E-state index < -0.39 is 16.9 Å². The third-order valence-corrected chi connectivity index (χ3v) is 4.83. The number of amides is 1. The van der Waals surface area contributed by atoms with Crippen LogP contribution in [0.4, 0.5) is 11.5 Å². The summed E-state index contributed by atoms with van der Waals surface area (Å²) in [7, 11) is 1.27. The minimum Gasteiger partial charge on any atom is -0.475 e. The number of aromatic nitrogens is 4. The van der Waals surface area contributed by atoms with Crippen LogP contribution >= 0.6 is 23.2 Å². The summed E-state index contributed by atoms with van der Waals surface area (Å²) in [5.74, 6) is -0.319. The molecule has 3 aromatic rings. The Labute approximate surface area is 175 Å². The van der Waals surface area contributed by atoms with E-state index in [1.807, 2.05) is 0 Å². The molecule has 0 fully saturated rings. The maximum absolute atomic E-state index is 12.5. The fourth-order valence-electron chi connectivity index (χ4n) is 2.55. The van der Waals surface area contributed by atoms with Gasteiger partial charge in [0.15, 0.2) is 5.82 Å². The zero-order chi connectivity index (χ0) is 21.1. The Morgan fingerprint density at radius 1 is 1.31 bits per heavy atom. The monoisotopic (exact) mass is 438 g/mol. The Balaban J connectivity index is 1.71. The number of ether oxygens (including phenoxy) is 1. The maximum Gasteiger partial charge on any atom is 0.350 e. The van der Waals surface area contributed by atoms with Crippen LogP contribution in [0.2, 0.25) is 10.0 Å². The molecule has 12 heteroatoms. The van der Waals surface area contributed by atoms with Crippen LogP contribution in [0.25, 0.3) is 0 Å². The van der Waals surface area contributed by atoms with Gasteiger partial charge in [-0.1, -0.05) is 29.3 Å². The second kappa shape index (κ2) is 8.50. The zero-order valence-corrected chi connectivity index (χ0v) is 16.9. The van der Waals surface area contributed by atoms with Crippen LogP contribution in [0.3, 0.4) is 0 Å². The molecular weight excluding hydrogens is 423 g/mol. The smallest absolute Gasteiger partial charge is 0.350 e. The predicted octanol–water partition coefficient (Wildman–Crippen LogP) is 3.55. The number of rotatable bonds is 7. The van der Waals surface area contributed by atoms with Crippen LogP contribution < -0.4 is 10.1 Å². The molecule has 0 saturated carbocycles. The van der Waals surface area contributed by atoms with Crippen molar-refractivity contribution in [3.63, 3.8) is 0 Å². The molecule has 0 aliphatic heterocycles. The predicted molar refractivity (Wildman–Crippen MR) is 107 cm³/mol. The summed E-state index contributed by atoms with van der Waals surface area (Å²) >= 11 is 12.3. The van der Waals surface area contributed by atoms with Gasteiger partial charge in [-0.2, -0.15) is 5.10 Å². The first-order valence-corrected chi connectivity index (χ1v) is 9.10. The van der Waals surface area contributed by atoms with Gasteiger partial charge in [-0.15, -0.1) is 5.10 Å². The summed E-state index contributed by atoms with van der Waals surface area (Å²) in [6, 6.07) is 5.99. The molecule has 1 unspecified atom stereocenters. The molecule has 0 spiro atoms. The lowest BCUT2D eigenvalue weighted by Crippen LogP contribution is -2.24. The molecule has 152 valence electrons. The van der Waals surface area contributed by atoms with Crippen molar-refractivity contribution < 1.29 is 14.5 Å². The molecule has 0 saturated heterocycles. The average Bonchev–Trinajstić information content (AvgIpc) is 3.31. The van der Waals surface area contributed by atoms with Gasteiger partial charge in [-0.3, -0.25) is 19.6 Å². The molecule has 1 amide bonds. The normalized spacial score (nSPS) is 11.9. The van der Waals surface area contributed by atoms with Crippen molar-refractivity contribution >= 4 is 40.6 Å². The Morgan fingerprint density at radius 3 is 2.59 bits per heavy atom. The molecule has 10 nitrogen and oxygen atoms in total. The molecule has 0 aliphatic carbocycles. The summed E-state index contributed by atoms with van der Waals surface area (Å²) in [6.07, 6.45) is 2.81. The molecule has 3 rings (SSSR count). The van der Waals surface area contributed by atoms with Crippen LogP contribution in [0.5, 0.6) is 5.88 Å². The maximum atomic E-state index is 12.5. The minimum absolute atomic E-state index is 0.171. The molecule has 0 aliphatic rings. The van der Waals surface area contributed by atoms with Crippen LogP contribution in [0.1, 0.15) is 18.5 Å². The number of hydrogen-bond donors (Lipinski definition) is 1. The minimum atomic E-state index is -0.833. The highest BCUT2D eigenvalue weighted by atomic mass is 35.5. The molecule has 1 aromatic carbocycles. The van der Waals surface area contributed by atoms with Gasteiger partial charge in [0.25, 0.3) is 0 Å². The Kier molecular flexibility index (Phi) is 6.04. The number of nitrogens with one attached hydrogen (secondary N) is 1. The highest BCUT2D eigenvalue weighted by molar-refractivity contribution is 6.35. The van der Waals surface area contributed by atoms with Gasteiger partial charge in [0.2, 0.25) is 5.91 Å². The van der Waals surface area contributed by atoms with E-state index in [1.165, 1.54) is 7.11 Å². The van der Waals surface area contributed by atoms with Crippen molar-refractivity contribution in [3.8, 4) is 5.88 Å². The van der Waals surface area contributed by atoms with E-state index in [2.05, 4.69) is 15.5 Å². The first-order chi connectivity index (χ1) is 13.8. The third-order valence-electron chi connectivity index (χ3n) is 4.12. The van der Waals surface area contributed by atoms with Crippen molar-refractivity contribution in [1.29, 1.82) is 0 Å². The quantitative estimate of drug-likeness (QED) is 0.445. The lowest BCUT2D eigenvalue weighted by molar-refractivity contribution is -0.385. The first-order valence-electron chi connectivity index (χ1n) is 8.35. The molecule has 1 atom stereocenters. The second-order valence-electron chi connectivity index (χ2n) is 6.02. The average molecular weight is 439 g/mol. The van der Waals surface area contributed by atoms with Crippen molar-refractivity contribution in [2.24, 2.45) is 0 Å². The number of nitrogens with zero attached hydrogens (tertiary/aromatic N) is 5. The standard InChI is InChI=1S/C17H16Cl2N6O4/c1-10(24-9-14(25(27)28)17(22-24)29-2)16(26)20-15-6-7-23(21-15)8-11-12(18)4-3-5-13(11)19/h3-7,9-10H,8H2,1-2H3,(H,20,21,26). The lowest BCUT2D eigenvalue weighted by Gasteiger charge is -2.11. The van der Waals surface area contributed by atoms with Gasteiger partial charge >= 0.3 is 11.6 Å². The van der Waals surface area contributed by atoms with Crippen molar-refractivity contribution in [3.05, 3.63) is 62.4 Å². The summed E-state index contributed by atoms with van der Waals surface area (Å²) in [4.78, 5) is 22.9. The number of carbonyl (C=O) groups excluding carboxylic acids is 1. The number of methoxy groups -OCH3 is 1. The van der Waals surface area contributed by atoms with Gasteiger partial charge in [0, 0.05) is 27.9 Å². The topological polar surface area (TPSA) is 117 Å². The number of halogens is 2. The lowest BCUT2D eigenvalue weighted by atomic mass is 10.2. The molecule has 29 heavy (non-hydrogen) atoms. The summed E-state index contributed by atoms with van der Waals surface area (Å²) in [5, 5.41) is 22.9. The molecule has 2 heterocycles. The van der Waals surface area contributed by atoms with E-state index in [0.717, 1.165) is 10.9 Å². The van der Waals surface area contributed by atoms with Crippen molar-refractivity contribution in [1.82, 2.24) is 19.6 Å². The summed E-state index contributed by atoms with van der Waals surface area (Å²) < 4.78 is 7.61. The third kappa shape index (κ3) is 4.49. The van der Waals surface area contributed by atoms with Crippen molar-refractivity contribution in [2.45, 2.75) is 19.5 Å². The van der Waals surface area contributed by atoms with Crippen LogP contribution in [-0.4, -0.2) is 37.5 Å². The first kappa shape index (κ1) is 20.6. The van der Waals surface area contributed by atoms with Gasteiger partial charge in [-0.25, -0.2) is 4.68 Å². The number of nitro groups is 1. The van der Waals surface area contributed by atoms with E-state index in [4.69, 9.17) is 27.9 Å². The summed E-state index contributed by atoms with van der Waals surface area (Å²) in [6.45, 7) is 1.87. The number of benzene rings is 1. The van der Waals surface area contributed by atoms with E-state index >= 15 is 0 Å². The highest BCUT2D eigenvalue weighted by Crippen LogP contribution is 2.27. The summed E-state index contributed by atoms with van der Waals surface area (Å²) in [5.41, 5.74) is 0.383. The number of anilines is 1. The number of carbonyl (C=O) groups is 1. The second-order valence-corrected chi connectivity index (χ2v) is 6.84. The largest absolute Gasteiger partial charge is 0.475 e. The van der Waals surface area contributed by atoms with E-state index in [9.17, 15) is 14.9 Å². The number of hydrogen-bond acceptors (Lipinski definition) is 6. The SMILES string of the molecule is COc1nn(C(C)C(=O)Nc2ccn(Cc3c(Cl)cccc3Cl)n2)cc1[N+](=O)[O-]. The van der Waals surface area contributed by atoms with Gasteiger partial charge in [0.1, 0.15) is 12.2 Å². The molecule has 0 bridgehead atoms. The molecule has 0 radical (unpaired) electrons. The molecular formula is C17H16Cl2N6O4. The van der Waals surface area contributed by atoms with E-state index in [0.29, 0.717) is 28.0 Å². The molecule has 1 N–H and O–H groups in total. The Hall–Kier alpha value is -3.11. The van der Waals surface area contributed by atoms with Crippen LogP contribution in [0, 0.1) is 10.1 Å². The Morgan fingerprint density at radius 2 is 2.00 bits per heavy atom. The van der Waals surface area contributed by atoms with Crippen LogP contribution in [-0.2, 0) is 11.3 Å². The fourth-order valence-corrected chi connectivity index (χ4v) is 3.06. The van der Waals surface area contributed by atoms with Crippen molar-refractivity contribution in [2.75, 3.05) is 12.4 Å².